The first-order valence-electron chi connectivity index (χ1n) is 7.02. The maximum atomic E-state index is 14.0. The molecule has 1 N–H and O–H groups in total. The maximum absolute atomic E-state index is 14.0. The molecule has 0 heterocycles. The van der Waals surface area contributed by atoms with Crippen LogP contribution in [0, 0.1) is 11.2 Å². The van der Waals surface area contributed by atoms with Gasteiger partial charge in [0, 0.05) is 0 Å². The van der Waals surface area contributed by atoms with Crippen LogP contribution in [0.2, 0.25) is 0 Å². The van der Waals surface area contributed by atoms with E-state index < -0.39 is 5.97 Å². The fraction of sp³-hybridized carbons (Fsp3) is 0.562. The van der Waals surface area contributed by atoms with Crippen molar-refractivity contribution in [1.82, 2.24) is 0 Å². The van der Waals surface area contributed by atoms with Crippen molar-refractivity contribution >= 4 is 5.97 Å². The zero-order valence-electron chi connectivity index (χ0n) is 11.0. The summed E-state index contributed by atoms with van der Waals surface area (Å²) in [6.45, 7) is 0. The summed E-state index contributed by atoms with van der Waals surface area (Å²) < 4.78 is 14.0. The van der Waals surface area contributed by atoms with Crippen molar-refractivity contribution in [2.75, 3.05) is 0 Å². The van der Waals surface area contributed by atoms with Gasteiger partial charge in [0.1, 0.15) is 5.82 Å². The van der Waals surface area contributed by atoms with Gasteiger partial charge >= 0.3 is 5.97 Å². The largest absolute Gasteiger partial charge is 0.481 e. The van der Waals surface area contributed by atoms with E-state index in [4.69, 9.17) is 5.11 Å². The lowest BCUT2D eigenvalue weighted by Crippen LogP contribution is -2.45. The summed E-state index contributed by atoms with van der Waals surface area (Å²) in [7, 11) is 0. The Morgan fingerprint density at radius 1 is 1.11 bits per heavy atom. The van der Waals surface area contributed by atoms with Crippen molar-refractivity contribution in [3.63, 3.8) is 0 Å². The van der Waals surface area contributed by atoms with Gasteiger partial charge in [-0.25, -0.2) is 4.39 Å². The standard InChI is InChI=1S/C16H19FO2/c17-13-4-2-1-3-12(13)16-8-5-15(6-9-16,7-10-16)11-14(18)19/h1-4H,5-11H2,(H,18,19). The second-order valence-electron chi connectivity index (χ2n) is 6.33. The smallest absolute Gasteiger partial charge is 0.303 e. The number of benzene rings is 1. The van der Waals surface area contributed by atoms with Gasteiger partial charge in [-0.1, -0.05) is 18.2 Å². The molecule has 2 bridgehead atoms. The highest BCUT2D eigenvalue weighted by atomic mass is 19.1. The molecule has 3 aliphatic rings. The molecule has 0 aliphatic heterocycles. The number of fused-ring (bicyclic) bond motifs is 3. The molecule has 3 heteroatoms. The van der Waals surface area contributed by atoms with Gasteiger partial charge in [-0.05, 0) is 61.0 Å². The van der Waals surface area contributed by atoms with Gasteiger partial charge < -0.3 is 5.11 Å². The molecule has 0 unspecified atom stereocenters. The summed E-state index contributed by atoms with van der Waals surface area (Å²) in [6, 6.07) is 7.08. The Labute approximate surface area is 112 Å². The summed E-state index contributed by atoms with van der Waals surface area (Å²) in [5.41, 5.74) is 0.795. The Morgan fingerprint density at radius 3 is 2.21 bits per heavy atom. The molecule has 19 heavy (non-hydrogen) atoms. The SMILES string of the molecule is O=C(O)CC12CCC(c3ccccc3F)(CC1)CC2. The second-order valence-corrected chi connectivity index (χ2v) is 6.33. The topological polar surface area (TPSA) is 37.3 Å². The van der Waals surface area contributed by atoms with Crippen LogP contribution in [0.1, 0.15) is 50.5 Å². The Hall–Kier alpha value is -1.38. The maximum Gasteiger partial charge on any atom is 0.303 e. The lowest BCUT2D eigenvalue weighted by Gasteiger charge is -2.53. The van der Waals surface area contributed by atoms with Crippen molar-refractivity contribution < 1.29 is 14.3 Å². The van der Waals surface area contributed by atoms with E-state index in [1.807, 2.05) is 12.1 Å². The zero-order chi connectivity index (χ0) is 13.5. The molecular weight excluding hydrogens is 243 g/mol. The quantitative estimate of drug-likeness (QED) is 0.897. The van der Waals surface area contributed by atoms with E-state index in [2.05, 4.69) is 0 Å². The minimum atomic E-state index is -0.694. The number of halogens is 1. The molecule has 1 aromatic rings. The Bertz CT molecular complexity index is 485. The van der Waals surface area contributed by atoms with Gasteiger partial charge in [-0.3, -0.25) is 4.79 Å². The van der Waals surface area contributed by atoms with Crippen LogP contribution in [0.15, 0.2) is 24.3 Å². The second kappa shape index (κ2) is 4.32. The predicted octanol–water partition coefficient (Wildman–Crippen LogP) is 3.89. The van der Waals surface area contributed by atoms with E-state index >= 15 is 0 Å². The Morgan fingerprint density at radius 2 is 1.68 bits per heavy atom. The number of aliphatic carboxylic acids is 1. The number of hydrogen-bond donors (Lipinski definition) is 1. The highest BCUT2D eigenvalue weighted by Crippen LogP contribution is 2.59. The molecule has 0 amide bonds. The number of hydrogen-bond acceptors (Lipinski definition) is 1. The average molecular weight is 262 g/mol. The van der Waals surface area contributed by atoms with Crippen LogP contribution in [-0.4, -0.2) is 11.1 Å². The molecule has 0 aromatic heterocycles. The molecule has 3 saturated carbocycles. The summed E-state index contributed by atoms with van der Waals surface area (Å²) in [5.74, 6) is -0.796. The van der Waals surface area contributed by atoms with Crippen molar-refractivity contribution in [3.8, 4) is 0 Å². The Balaban J connectivity index is 1.85. The zero-order valence-corrected chi connectivity index (χ0v) is 11.0. The molecule has 3 fully saturated rings. The minimum Gasteiger partial charge on any atom is -0.481 e. The third-order valence-corrected chi connectivity index (χ3v) is 5.37. The van der Waals surface area contributed by atoms with Gasteiger partial charge in [0.25, 0.3) is 0 Å². The summed E-state index contributed by atoms with van der Waals surface area (Å²) in [4.78, 5) is 11.0. The van der Waals surface area contributed by atoms with Crippen LogP contribution < -0.4 is 0 Å². The lowest BCUT2D eigenvalue weighted by molar-refractivity contribution is -0.142. The third kappa shape index (κ3) is 2.05. The first-order chi connectivity index (χ1) is 9.05. The van der Waals surface area contributed by atoms with E-state index in [1.165, 1.54) is 6.07 Å². The van der Waals surface area contributed by atoms with Gasteiger partial charge in [0.05, 0.1) is 6.42 Å². The van der Waals surface area contributed by atoms with E-state index in [0.29, 0.717) is 0 Å². The Kier molecular flexibility index (Phi) is 2.88. The van der Waals surface area contributed by atoms with Gasteiger partial charge in [0.15, 0.2) is 0 Å². The molecule has 1 aromatic carbocycles. The molecule has 102 valence electrons. The van der Waals surface area contributed by atoms with Crippen molar-refractivity contribution in [2.24, 2.45) is 5.41 Å². The van der Waals surface area contributed by atoms with Gasteiger partial charge in [-0.15, -0.1) is 0 Å². The van der Waals surface area contributed by atoms with Crippen LogP contribution in [0.4, 0.5) is 4.39 Å². The van der Waals surface area contributed by atoms with E-state index in [1.54, 1.807) is 6.07 Å². The number of carboxylic acids is 1. The monoisotopic (exact) mass is 262 g/mol. The van der Waals surface area contributed by atoms with E-state index in [-0.39, 0.29) is 23.1 Å². The highest BCUT2D eigenvalue weighted by molar-refractivity contribution is 5.67. The van der Waals surface area contributed by atoms with Crippen LogP contribution in [0.3, 0.4) is 0 Å². The van der Waals surface area contributed by atoms with Crippen LogP contribution in [-0.2, 0) is 10.2 Å². The van der Waals surface area contributed by atoms with Crippen LogP contribution >= 0.6 is 0 Å². The third-order valence-electron chi connectivity index (χ3n) is 5.37. The molecule has 0 atom stereocenters. The molecule has 0 spiro atoms. The number of rotatable bonds is 3. The molecule has 0 saturated heterocycles. The number of carboxylic acid groups (broad SMARTS) is 1. The molecule has 2 nitrogen and oxygen atoms in total. The molecule has 0 radical (unpaired) electrons. The normalized spacial score (nSPS) is 33.3. The molecule has 3 aliphatic carbocycles. The van der Waals surface area contributed by atoms with E-state index in [9.17, 15) is 9.18 Å². The molecular formula is C16H19FO2. The van der Waals surface area contributed by atoms with Crippen LogP contribution in [0.5, 0.6) is 0 Å². The fourth-order valence-electron chi connectivity index (χ4n) is 4.14. The summed E-state index contributed by atoms with van der Waals surface area (Å²) in [5, 5.41) is 9.04. The van der Waals surface area contributed by atoms with Crippen molar-refractivity contribution in [3.05, 3.63) is 35.6 Å². The first-order valence-corrected chi connectivity index (χ1v) is 7.02. The van der Waals surface area contributed by atoms with Crippen molar-refractivity contribution in [2.45, 2.75) is 50.4 Å². The summed E-state index contributed by atoms with van der Waals surface area (Å²) >= 11 is 0. The minimum absolute atomic E-state index is 0.0150. The fourth-order valence-corrected chi connectivity index (χ4v) is 4.14. The first kappa shape index (κ1) is 12.6. The predicted molar refractivity (Wildman–Crippen MR) is 70.5 cm³/mol. The van der Waals surface area contributed by atoms with Gasteiger partial charge in [0.2, 0.25) is 0 Å². The average Bonchev–Trinajstić information content (AvgIpc) is 2.40. The van der Waals surface area contributed by atoms with E-state index in [0.717, 1.165) is 44.1 Å². The number of carbonyl (C=O) groups is 1. The summed E-state index contributed by atoms with van der Waals surface area (Å²) in [6.07, 6.45) is 5.85. The van der Waals surface area contributed by atoms with Gasteiger partial charge in [-0.2, -0.15) is 0 Å². The molecule has 4 rings (SSSR count). The van der Waals surface area contributed by atoms with Crippen LogP contribution in [0.25, 0.3) is 0 Å². The lowest BCUT2D eigenvalue weighted by atomic mass is 9.51. The highest BCUT2D eigenvalue weighted by Gasteiger charge is 2.50. The van der Waals surface area contributed by atoms with Crippen molar-refractivity contribution in [1.29, 1.82) is 0 Å².